The molecule has 0 saturated carbocycles. The second kappa shape index (κ2) is 5.69. The van der Waals surface area contributed by atoms with E-state index in [9.17, 15) is 4.79 Å². The first kappa shape index (κ1) is 13.8. The lowest BCUT2D eigenvalue weighted by atomic mass is 10.2. The van der Waals surface area contributed by atoms with Crippen LogP contribution in [0.25, 0.3) is 22.9 Å². The fourth-order valence-electron chi connectivity index (χ4n) is 2.09. The molecule has 2 heterocycles. The first-order valence-corrected chi connectivity index (χ1v) is 6.69. The number of carbonyl (C=O) groups is 1. The standard InChI is InChI=1S/C16H14N4O2/c1-18-12-8-7-11(20-14(12)15(17)21)13-9-19-16(22-13)10-5-3-2-4-6-10/h2-9,18H,1H3,(H2,17,21). The number of oxazole rings is 1. The number of anilines is 1. The third kappa shape index (κ3) is 2.54. The topological polar surface area (TPSA) is 94.0 Å². The van der Waals surface area contributed by atoms with Crippen LogP contribution in [0.4, 0.5) is 5.69 Å². The van der Waals surface area contributed by atoms with E-state index in [0.717, 1.165) is 5.56 Å². The van der Waals surface area contributed by atoms with Crippen molar-refractivity contribution in [1.82, 2.24) is 9.97 Å². The van der Waals surface area contributed by atoms with Crippen LogP contribution in [-0.2, 0) is 0 Å². The molecule has 0 aliphatic heterocycles. The predicted octanol–water partition coefficient (Wildman–Crippen LogP) is 2.54. The number of nitrogens with zero attached hydrogens (tertiary/aromatic N) is 2. The minimum absolute atomic E-state index is 0.165. The summed E-state index contributed by atoms with van der Waals surface area (Å²) in [6.45, 7) is 0. The van der Waals surface area contributed by atoms with E-state index in [1.54, 1.807) is 25.4 Å². The van der Waals surface area contributed by atoms with Crippen LogP contribution in [0.2, 0.25) is 0 Å². The van der Waals surface area contributed by atoms with Crippen LogP contribution < -0.4 is 11.1 Å². The van der Waals surface area contributed by atoms with Gasteiger partial charge in [0.05, 0.1) is 11.9 Å². The highest BCUT2D eigenvalue weighted by Gasteiger charge is 2.14. The maximum atomic E-state index is 11.5. The summed E-state index contributed by atoms with van der Waals surface area (Å²) in [5.41, 5.74) is 7.45. The van der Waals surface area contributed by atoms with Crippen molar-refractivity contribution < 1.29 is 9.21 Å². The molecule has 110 valence electrons. The molecule has 1 aromatic carbocycles. The highest BCUT2D eigenvalue weighted by Crippen LogP contribution is 2.26. The van der Waals surface area contributed by atoms with E-state index in [1.807, 2.05) is 30.3 Å². The van der Waals surface area contributed by atoms with Crippen molar-refractivity contribution in [2.24, 2.45) is 5.73 Å². The van der Waals surface area contributed by atoms with Gasteiger partial charge in [0.1, 0.15) is 5.69 Å². The van der Waals surface area contributed by atoms with Gasteiger partial charge in [0.15, 0.2) is 11.5 Å². The summed E-state index contributed by atoms with van der Waals surface area (Å²) in [5, 5.41) is 2.88. The average Bonchev–Trinajstić information content (AvgIpc) is 3.05. The molecule has 0 unspecified atom stereocenters. The minimum Gasteiger partial charge on any atom is -0.434 e. The van der Waals surface area contributed by atoms with Gasteiger partial charge in [-0.1, -0.05) is 18.2 Å². The summed E-state index contributed by atoms with van der Waals surface area (Å²) in [5.74, 6) is 0.369. The van der Waals surface area contributed by atoms with Crippen LogP contribution in [-0.4, -0.2) is 22.9 Å². The quantitative estimate of drug-likeness (QED) is 0.771. The van der Waals surface area contributed by atoms with Gasteiger partial charge in [-0.15, -0.1) is 0 Å². The number of nitrogens with one attached hydrogen (secondary N) is 1. The van der Waals surface area contributed by atoms with Crippen molar-refractivity contribution in [1.29, 1.82) is 0 Å². The van der Waals surface area contributed by atoms with Crippen molar-refractivity contribution in [2.45, 2.75) is 0 Å². The smallest absolute Gasteiger partial charge is 0.269 e. The van der Waals surface area contributed by atoms with Gasteiger partial charge >= 0.3 is 0 Å². The molecule has 0 aliphatic carbocycles. The molecular weight excluding hydrogens is 280 g/mol. The third-order valence-corrected chi connectivity index (χ3v) is 3.18. The molecule has 2 aromatic heterocycles. The molecule has 0 spiro atoms. The lowest BCUT2D eigenvalue weighted by Gasteiger charge is -2.06. The Morgan fingerprint density at radius 1 is 1.18 bits per heavy atom. The first-order valence-electron chi connectivity index (χ1n) is 6.69. The Morgan fingerprint density at radius 3 is 2.64 bits per heavy atom. The van der Waals surface area contributed by atoms with Gasteiger partial charge in [0, 0.05) is 12.6 Å². The molecule has 3 N–H and O–H groups in total. The summed E-state index contributed by atoms with van der Waals surface area (Å²) in [6.07, 6.45) is 1.58. The summed E-state index contributed by atoms with van der Waals surface area (Å²) < 4.78 is 5.72. The Labute approximate surface area is 127 Å². The minimum atomic E-state index is -0.603. The third-order valence-electron chi connectivity index (χ3n) is 3.18. The van der Waals surface area contributed by atoms with Crippen LogP contribution in [0.1, 0.15) is 10.5 Å². The summed E-state index contributed by atoms with van der Waals surface area (Å²) >= 11 is 0. The van der Waals surface area contributed by atoms with E-state index in [4.69, 9.17) is 10.2 Å². The highest BCUT2D eigenvalue weighted by molar-refractivity contribution is 5.96. The molecule has 6 nitrogen and oxygen atoms in total. The molecule has 3 rings (SSSR count). The Hall–Kier alpha value is -3.15. The van der Waals surface area contributed by atoms with Crippen LogP contribution in [0.5, 0.6) is 0 Å². The largest absolute Gasteiger partial charge is 0.434 e. The fourth-order valence-corrected chi connectivity index (χ4v) is 2.09. The highest BCUT2D eigenvalue weighted by atomic mass is 16.4. The SMILES string of the molecule is CNc1ccc(-c2cnc(-c3ccccc3)o2)nc1C(N)=O. The number of hydrogen-bond acceptors (Lipinski definition) is 5. The lowest BCUT2D eigenvalue weighted by molar-refractivity contribution is 0.0996. The number of rotatable bonds is 4. The number of hydrogen-bond donors (Lipinski definition) is 2. The number of amides is 1. The maximum Gasteiger partial charge on any atom is 0.269 e. The van der Waals surface area contributed by atoms with Crippen LogP contribution in [0, 0.1) is 0 Å². The van der Waals surface area contributed by atoms with E-state index in [1.165, 1.54) is 0 Å². The van der Waals surface area contributed by atoms with Gasteiger partial charge < -0.3 is 15.5 Å². The number of benzene rings is 1. The van der Waals surface area contributed by atoms with Gasteiger partial charge in [-0.2, -0.15) is 0 Å². The second-order valence-electron chi connectivity index (χ2n) is 4.60. The van der Waals surface area contributed by atoms with Gasteiger partial charge in [0.25, 0.3) is 5.91 Å². The van der Waals surface area contributed by atoms with E-state index < -0.39 is 5.91 Å². The van der Waals surface area contributed by atoms with Gasteiger partial charge in [-0.25, -0.2) is 9.97 Å². The Morgan fingerprint density at radius 2 is 1.95 bits per heavy atom. The monoisotopic (exact) mass is 294 g/mol. The Bertz CT molecular complexity index is 812. The molecule has 0 fully saturated rings. The Kier molecular flexibility index (Phi) is 3.57. The van der Waals surface area contributed by atoms with Gasteiger partial charge in [-0.3, -0.25) is 4.79 Å². The molecular formula is C16H14N4O2. The summed E-state index contributed by atoms with van der Waals surface area (Å²) in [7, 11) is 1.70. The molecule has 0 bridgehead atoms. The zero-order valence-corrected chi connectivity index (χ0v) is 11.9. The van der Waals surface area contributed by atoms with Crippen molar-refractivity contribution in [3.63, 3.8) is 0 Å². The number of pyridine rings is 1. The van der Waals surface area contributed by atoms with Crippen molar-refractivity contribution in [2.75, 3.05) is 12.4 Å². The molecule has 0 radical (unpaired) electrons. The van der Waals surface area contributed by atoms with Crippen molar-refractivity contribution in [3.05, 3.63) is 54.4 Å². The lowest BCUT2D eigenvalue weighted by Crippen LogP contribution is -2.15. The van der Waals surface area contributed by atoms with Crippen molar-refractivity contribution in [3.8, 4) is 22.9 Å². The van der Waals surface area contributed by atoms with E-state index in [0.29, 0.717) is 23.0 Å². The molecule has 3 aromatic rings. The number of primary amides is 1. The number of nitrogens with two attached hydrogens (primary N) is 1. The number of carbonyl (C=O) groups excluding carboxylic acids is 1. The second-order valence-corrected chi connectivity index (χ2v) is 4.60. The van der Waals surface area contributed by atoms with Gasteiger partial charge in [-0.05, 0) is 24.3 Å². The zero-order chi connectivity index (χ0) is 15.5. The van der Waals surface area contributed by atoms with E-state index >= 15 is 0 Å². The molecule has 22 heavy (non-hydrogen) atoms. The van der Waals surface area contributed by atoms with Crippen molar-refractivity contribution >= 4 is 11.6 Å². The number of aromatic nitrogens is 2. The summed E-state index contributed by atoms with van der Waals surface area (Å²) in [4.78, 5) is 20.0. The molecule has 0 atom stereocenters. The average molecular weight is 294 g/mol. The molecule has 0 saturated heterocycles. The molecule has 1 amide bonds. The summed E-state index contributed by atoms with van der Waals surface area (Å²) in [6, 6.07) is 13.0. The van der Waals surface area contributed by atoms with Crippen LogP contribution in [0.15, 0.2) is 53.1 Å². The normalized spacial score (nSPS) is 10.4. The maximum absolute atomic E-state index is 11.5. The van der Waals surface area contributed by atoms with E-state index in [2.05, 4.69) is 15.3 Å². The molecule has 0 aliphatic rings. The zero-order valence-electron chi connectivity index (χ0n) is 11.9. The molecule has 6 heteroatoms. The fraction of sp³-hybridized carbons (Fsp3) is 0.0625. The predicted molar refractivity (Wildman–Crippen MR) is 83.2 cm³/mol. The van der Waals surface area contributed by atoms with E-state index in [-0.39, 0.29) is 5.69 Å². The Balaban J connectivity index is 2.00. The first-order chi connectivity index (χ1) is 10.7. The van der Waals surface area contributed by atoms with Crippen LogP contribution >= 0.6 is 0 Å². The van der Waals surface area contributed by atoms with Gasteiger partial charge in [0.2, 0.25) is 5.89 Å². The van der Waals surface area contributed by atoms with Crippen LogP contribution in [0.3, 0.4) is 0 Å².